The Labute approximate surface area is 104 Å². The van der Waals surface area contributed by atoms with Crippen molar-refractivity contribution in [2.75, 3.05) is 6.61 Å². The van der Waals surface area contributed by atoms with E-state index in [-0.39, 0.29) is 18.3 Å². The summed E-state index contributed by atoms with van der Waals surface area (Å²) in [5.41, 5.74) is 0. The molecule has 2 rings (SSSR count). The van der Waals surface area contributed by atoms with E-state index < -0.39 is 0 Å². The second-order valence-corrected chi connectivity index (χ2v) is 5.11. The van der Waals surface area contributed by atoms with Crippen molar-refractivity contribution in [1.82, 2.24) is 0 Å². The van der Waals surface area contributed by atoms with E-state index in [0.29, 0.717) is 0 Å². The Kier molecular flexibility index (Phi) is 3.99. The van der Waals surface area contributed by atoms with Crippen molar-refractivity contribution in [3.63, 3.8) is 0 Å². The maximum absolute atomic E-state index is 11.8. The first-order valence-corrected chi connectivity index (χ1v) is 6.46. The molecule has 0 saturated heterocycles. The Balaban J connectivity index is 1.84. The van der Waals surface area contributed by atoms with Crippen molar-refractivity contribution in [3.8, 4) is 5.75 Å². The number of hydrogen-bond acceptors (Lipinski definition) is 2. The van der Waals surface area contributed by atoms with Gasteiger partial charge in [0.15, 0.2) is 5.78 Å². The van der Waals surface area contributed by atoms with Crippen LogP contribution in [0.15, 0.2) is 28.7 Å². The van der Waals surface area contributed by atoms with Crippen molar-refractivity contribution in [2.24, 2.45) is 5.92 Å². The van der Waals surface area contributed by atoms with Crippen LogP contribution in [0.5, 0.6) is 5.75 Å². The lowest BCUT2D eigenvalue weighted by atomic mass is 10.0. The molecule has 0 aromatic heterocycles. The fourth-order valence-electron chi connectivity index (χ4n) is 2.08. The Bertz CT molecular complexity index is 370. The minimum Gasteiger partial charge on any atom is -0.486 e. The molecule has 2 nitrogen and oxygen atoms in total. The van der Waals surface area contributed by atoms with Crippen LogP contribution in [0.3, 0.4) is 0 Å². The van der Waals surface area contributed by atoms with Crippen molar-refractivity contribution in [2.45, 2.75) is 25.7 Å². The lowest BCUT2D eigenvalue weighted by Crippen LogP contribution is -2.19. The molecular formula is C13H15BrO2. The van der Waals surface area contributed by atoms with Crippen molar-refractivity contribution in [1.29, 1.82) is 0 Å². The van der Waals surface area contributed by atoms with E-state index in [1.807, 2.05) is 24.3 Å². The van der Waals surface area contributed by atoms with Crippen LogP contribution in [0.2, 0.25) is 0 Å². The first kappa shape index (κ1) is 11.6. The Morgan fingerprint density at radius 2 is 2.12 bits per heavy atom. The maximum atomic E-state index is 11.8. The number of hydrogen-bond donors (Lipinski definition) is 0. The zero-order chi connectivity index (χ0) is 11.4. The van der Waals surface area contributed by atoms with Crippen LogP contribution in [0, 0.1) is 5.92 Å². The zero-order valence-electron chi connectivity index (χ0n) is 9.12. The van der Waals surface area contributed by atoms with Gasteiger partial charge in [0.05, 0.1) is 0 Å². The Morgan fingerprint density at radius 1 is 1.38 bits per heavy atom. The predicted molar refractivity (Wildman–Crippen MR) is 66.6 cm³/mol. The average Bonchev–Trinajstić information content (AvgIpc) is 2.79. The number of ether oxygens (including phenoxy) is 1. The molecule has 1 aromatic carbocycles. The van der Waals surface area contributed by atoms with Gasteiger partial charge in [-0.1, -0.05) is 34.8 Å². The maximum Gasteiger partial charge on any atom is 0.173 e. The molecule has 1 aliphatic rings. The van der Waals surface area contributed by atoms with Gasteiger partial charge in [0.25, 0.3) is 0 Å². The van der Waals surface area contributed by atoms with Gasteiger partial charge in [0.1, 0.15) is 12.4 Å². The lowest BCUT2D eigenvalue weighted by molar-refractivity contribution is -0.124. The average molecular weight is 283 g/mol. The Hall–Kier alpha value is -0.830. The molecule has 1 aromatic rings. The van der Waals surface area contributed by atoms with E-state index >= 15 is 0 Å². The van der Waals surface area contributed by atoms with Crippen LogP contribution in [-0.2, 0) is 4.79 Å². The predicted octanol–water partition coefficient (Wildman–Crippen LogP) is 3.59. The molecule has 0 heterocycles. The standard InChI is InChI=1S/C13H15BrO2/c14-11-6-3-7-12(8-11)16-9-13(15)10-4-1-2-5-10/h3,6-8,10H,1-2,4-5,9H2. The topological polar surface area (TPSA) is 26.3 Å². The molecule has 0 radical (unpaired) electrons. The molecule has 1 aliphatic carbocycles. The Morgan fingerprint density at radius 3 is 2.81 bits per heavy atom. The van der Waals surface area contributed by atoms with Crippen molar-refractivity contribution in [3.05, 3.63) is 28.7 Å². The van der Waals surface area contributed by atoms with Crippen LogP contribution in [0.4, 0.5) is 0 Å². The summed E-state index contributed by atoms with van der Waals surface area (Å²) < 4.78 is 6.45. The molecule has 0 amide bonds. The zero-order valence-corrected chi connectivity index (χ0v) is 10.7. The van der Waals surface area contributed by atoms with Gasteiger partial charge in [-0.25, -0.2) is 0 Å². The summed E-state index contributed by atoms with van der Waals surface area (Å²) in [5, 5.41) is 0. The van der Waals surface area contributed by atoms with Crippen LogP contribution < -0.4 is 4.74 Å². The van der Waals surface area contributed by atoms with Crippen molar-refractivity contribution >= 4 is 21.7 Å². The monoisotopic (exact) mass is 282 g/mol. The van der Waals surface area contributed by atoms with Gasteiger partial charge in [-0.3, -0.25) is 4.79 Å². The van der Waals surface area contributed by atoms with Crippen LogP contribution in [0.25, 0.3) is 0 Å². The highest BCUT2D eigenvalue weighted by molar-refractivity contribution is 9.10. The van der Waals surface area contributed by atoms with Crippen molar-refractivity contribution < 1.29 is 9.53 Å². The number of carbonyl (C=O) groups is 1. The second kappa shape index (κ2) is 5.48. The summed E-state index contributed by atoms with van der Waals surface area (Å²) >= 11 is 3.37. The summed E-state index contributed by atoms with van der Waals surface area (Å²) in [7, 11) is 0. The molecule has 3 heteroatoms. The fourth-order valence-corrected chi connectivity index (χ4v) is 2.46. The summed E-state index contributed by atoms with van der Waals surface area (Å²) in [6.07, 6.45) is 4.46. The summed E-state index contributed by atoms with van der Waals surface area (Å²) in [6.45, 7) is 0.209. The van der Waals surface area contributed by atoms with Gasteiger partial charge < -0.3 is 4.74 Å². The number of Topliss-reactive ketones (excluding diaryl/α,β-unsaturated/α-hetero) is 1. The molecule has 0 spiro atoms. The summed E-state index contributed by atoms with van der Waals surface area (Å²) in [5.74, 6) is 1.24. The third-order valence-corrected chi connectivity index (χ3v) is 3.48. The lowest BCUT2D eigenvalue weighted by Gasteiger charge is -2.09. The van der Waals surface area contributed by atoms with E-state index in [1.165, 1.54) is 12.8 Å². The number of rotatable bonds is 4. The third-order valence-electron chi connectivity index (χ3n) is 2.99. The highest BCUT2D eigenvalue weighted by Crippen LogP contribution is 2.26. The summed E-state index contributed by atoms with van der Waals surface area (Å²) in [6, 6.07) is 7.58. The smallest absolute Gasteiger partial charge is 0.173 e. The molecule has 16 heavy (non-hydrogen) atoms. The number of carbonyl (C=O) groups excluding carboxylic acids is 1. The number of benzene rings is 1. The van der Waals surface area contributed by atoms with Crippen LogP contribution in [-0.4, -0.2) is 12.4 Å². The number of ketones is 1. The fraction of sp³-hybridized carbons (Fsp3) is 0.462. The van der Waals surface area contributed by atoms with E-state index in [9.17, 15) is 4.79 Å². The molecule has 0 N–H and O–H groups in total. The normalized spacial score (nSPS) is 16.3. The molecule has 0 unspecified atom stereocenters. The van der Waals surface area contributed by atoms with E-state index in [1.54, 1.807) is 0 Å². The van der Waals surface area contributed by atoms with Gasteiger partial charge in [0, 0.05) is 10.4 Å². The third kappa shape index (κ3) is 3.08. The van der Waals surface area contributed by atoms with E-state index in [2.05, 4.69) is 15.9 Å². The molecule has 0 bridgehead atoms. The molecule has 1 fully saturated rings. The number of halogens is 1. The van der Waals surface area contributed by atoms with Crippen LogP contribution >= 0.6 is 15.9 Å². The van der Waals surface area contributed by atoms with E-state index in [4.69, 9.17) is 4.74 Å². The van der Waals surface area contributed by atoms with Gasteiger partial charge >= 0.3 is 0 Å². The quantitative estimate of drug-likeness (QED) is 0.844. The molecule has 86 valence electrons. The minimum atomic E-state index is 0.209. The summed E-state index contributed by atoms with van der Waals surface area (Å²) in [4.78, 5) is 11.8. The molecule has 0 atom stereocenters. The highest BCUT2D eigenvalue weighted by Gasteiger charge is 2.22. The first-order chi connectivity index (χ1) is 7.75. The van der Waals surface area contributed by atoms with E-state index in [0.717, 1.165) is 23.1 Å². The van der Waals surface area contributed by atoms with Gasteiger partial charge in [-0.2, -0.15) is 0 Å². The minimum absolute atomic E-state index is 0.209. The molecule has 0 aliphatic heterocycles. The molecule has 1 saturated carbocycles. The van der Waals surface area contributed by atoms with Crippen LogP contribution in [0.1, 0.15) is 25.7 Å². The molecular weight excluding hydrogens is 268 g/mol. The first-order valence-electron chi connectivity index (χ1n) is 5.67. The van der Waals surface area contributed by atoms with Gasteiger partial charge in [0.2, 0.25) is 0 Å². The SMILES string of the molecule is O=C(COc1cccc(Br)c1)C1CCCC1. The highest BCUT2D eigenvalue weighted by atomic mass is 79.9. The largest absolute Gasteiger partial charge is 0.486 e. The van der Waals surface area contributed by atoms with Gasteiger partial charge in [-0.15, -0.1) is 0 Å². The van der Waals surface area contributed by atoms with Gasteiger partial charge in [-0.05, 0) is 31.0 Å². The second-order valence-electron chi connectivity index (χ2n) is 4.19.